The Bertz CT molecular complexity index is 377. The largest absolute Gasteiger partial charge is 0.299 e. The lowest BCUT2D eigenvalue weighted by molar-refractivity contribution is -0.127. The van der Waals surface area contributed by atoms with Gasteiger partial charge in [-0.1, -0.05) is 30.7 Å². The molecule has 2 aliphatic rings. The first kappa shape index (κ1) is 8.22. The highest BCUT2D eigenvalue weighted by Gasteiger charge is 2.37. The molecule has 0 amide bonds. The van der Waals surface area contributed by atoms with Gasteiger partial charge in [-0.2, -0.15) is 0 Å². The third kappa shape index (κ3) is 1.05. The second kappa shape index (κ2) is 2.94. The molecule has 0 radical (unpaired) electrons. The van der Waals surface area contributed by atoms with Crippen LogP contribution in [-0.2, 0) is 11.2 Å². The van der Waals surface area contributed by atoms with Crippen molar-refractivity contribution in [2.45, 2.75) is 31.6 Å². The van der Waals surface area contributed by atoms with Crippen LogP contribution < -0.4 is 0 Å². The van der Waals surface area contributed by atoms with Gasteiger partial charge in [-0.25, -0.2) is 0 Å². The van der Waals surface area contributed by atoms with Gasteiger partial charge in [0.1, 0.15) is 5.78 Å². The number of carbonyl (C=O) groups is 1. The first-order valence-electron chi connectivity index (χ1n) is 5.48. The fourth-order valence-electron chi connectivity index (χ4n) is 2.49. The van der Waals surface area contributed by atoms with Gasteiger partial charge < -0.3 is 0 Å². The standard InChI is InChI=1S/C13H14O/c14-13(9-5-3-6-9)12-8-10-4-1-2-7-11(10)12/h1-2,4,7,9,12H,3,5-6,8H2. The molecule has 0 aromatic heterocycles. The Kier molecular flexibility index (Phi) is 1.73. The van der Waals surface area contributed by atoms with Gasteiger partial charge in [0.15, 0.2) is 0 Å². The fraction of sp³-hybridized carbons (Fsp3) is 0.462. The monoisotopic (exact) mass is 186 g/mol. The number of carbonyl (C=O) groups excluding carboxylic acids is 1. The molecule has 1 atom stereocenters. The fourth-order valence-corrected chi connectivity index (χ4v) is 2.49. The summed E-state index contributed by atoms with van der Waals surface area (Å²) in [5, 5.41) is 0. The van der Waals surface area contributed by atoms with Crippen LogP contribution in [0.15, 0.2) is 24.3 Å². The lowest BCUT2D eigenvalue weighted by Crippen LogP contribution is -2.33. The van der Waals surface area contributed by atoms with Crippen LogP contribution in [0.3, 0.4) is 0 Å². The van der Waals surface area contributed by atoms with Gasteiger partial charge >= 0.3 is 0 Å². The van der Waals surface area contributed by atoms with Crippen molar-refractivity contribution in [1.29, 1.82) is 0 Å². The van der Waals surface area contributed by atoms with Crippen molar-refractivity contribution < 1.29 is 4.79 Å². The lowest BCUT2D eigenvalue weighted by atomic mass is 9.68. The number of rotatable bonds is 2. The Labute approximate surface area is 84.1 Å². The Morgan fingerprint density at radius 1 is 1.21 bits per heavy atom. The minimum atomic E-state index is 0.247. The van der Waals surface area contributed by atoms with E-state index in [1.54, 1.807) is 0 Å². The normalized spacial score (nSPS) is 24.7. The Balaban J connectivity index is 1.81. The number of fused-ring (bicyclic) bond motifs is 1. The molecular weight excluding hydrogens is 172 g/mol. The second-order valence-corrected chi connectivity index (χ2v) is 4.49. The van der Waals surface area contributed by atoms with Crippen LogP contribution in [0.25, 0.3) is 0 Å². The summed E-state index contributed by atoms with van der Waals surface area (Å²) < 4.78 is 0. The first-order chi connectivity index (χ1) is 6.86. The van der Waals surface area contributed by atoms with E-state index in [-0.39, 0.29) is 5.92 Å². The summed E-state index contributed by atoms with van der Waals surface area (Å²) >= 11 is 0. The van der Waals surface area contributed by atoms with Gasteiger partial charge in [0.25, 0.3) is 0 Å². The molecule has 1 heteroatoms. The summed E-state index contributed by atoms with van der Waals surface area (Å²) in [6, 6.07) is 8.35. The summed E-state index contributed by atoms with van der Waals surface area (Å²) in [5.74, 6) is 1.15. The van der Waals surface area contributed by atoms with Crippen molar-refractivity contribution in [1.82, 2.24) is 0 Å². The average molecular weight is 186 g/mol. The molecule has 1 nitrogen and oxygen atoms in total. The molecule has 1 aromatic carbocycles. The lowest BCUT2D eigenvalue weighted by Gasteiger charge is -2.34. The van der Waals surface area contributed by atoms with Crippen molar-refractivity contribution in [2.75, 3.05) is 0 Å². The molecule has 1 unspecified atom stereocenters. The maximum Gasteiger partial charge on any atom is 0.143 e. The van der Waals surface area contributed by atoms with E-state index in [1.807, 2.05) is 6.07 Å². The van der Waals surface area contributed by atoms with E-state index < -0.39 is 0 Å². The molecular formula is C13H14O. The highest BCUT2D eigenvalue weighted by Crippen LogP contribution is 2.41. The van der Waals surface area contributed by atoms with Gasteiger partial charge in [-0.15, -0.1) is 0 Å². The average Bonchev–Trinajstić information content (AvgIpc) is 2.04. The maximum absolute atomic E-state index is 12.0. The molecule has 0 saturated heterocycles. The molecule has 0 heterocycles. The number of hydrogen-bond donors (Lipinski definition) is 0. The number of Topliss-reactive ketones (excluding diaryl/α,β-unsaturated/α-hetero) is 1. The molecule has 0 aliphatic heterocycles. The van der Waals surface area contributed by atoms with Crippen molar-refractivity contribution >= 4 is 5.78 Å². The van der Waals surface area contributed by atoms with Crippen LogP contribution in [0.2, 0.25) is 0 Å². The van der Waals surface area contributed by atoms with Crippen LogP contribution in [-0.4, -0.2) is 5.78 Å². The molecule has 0 bridgehead atoms. The minimum Gasteiger partial charge on any atom is -0.299 e. The van der Waals surface area contributed by atoms with Crippen LogP contribution in [0.5, 0.6) is 0 Å². The van der Waals surface area contributed by atoms with Crippen molar-refractivity contribution in [3.8, 4) is 0 Å². The van der Waals surface area contributed by atoms with Gasteiger partial charge in [-0.3, -0.25) is 4.79 Å². The molecule has 72 valence electrons. The topological polar surface area (TPSA) is 17.1 Å². The molecule has 1 saturated carbocycles. The highest BCUT2D eigenvalue weighted by atomic mass is 16.1. The number of ketones is 1. The number of hydrogen-bond acceptors (Lipinski definition) is 1. The van der Waals surface area contributed by atoms with Crippen molar-refractivity contribution in [3.63, 3.8) is 0 Å². The van der Waals surface area contributed by atoms with Gasteiger partial charge in [-0.05, 0) is 30.4 Å². The van der Waals surface area contributed by atoms with E-state index in [2.05, 4.69) is 18.2 Å². The molecule has 14 heavy (non-hydrogen) atoms. The van der Waals surface area contributed by atoms with Crippen molar-refractivity contribution in [2.24, 2.45) is 5.92 Å². The van der Waals surface area contributed by atoms with Crippen LogP contribution >= 0.6 is 0 Å². The Morgan fingerprint density at radius 2 is 2.00 bits per heavy atom. The Hall–Kier alpha value is -1.11. The van der Waals surface area contributed by atoms with E-state index >= 15 is 0 Å². The van der Waals surface area contributed by atoms with E-state index in [1.165, 1.54) is 17.5 Å². The predicted octanol–water partition coefficient (Wildman–Crippen LogP) is 2.70. The zero-order valence-corrected chi connectivity index (χ0v) is 8.20. The Morgan fingerprint density at radius 3 is 2.64 bits per heavy atom. The molecule has 2 aliphatic carbocycles. The summed E-state index contributed by atoms with van der Waals surface area (Å²) in [6.07, 6.45) is 4.52. The molecule has 0 N–H and O–H groups in total. The van der Waals surface area contributed by atoms with E-state index in [0.29, 0.717) is 11.7 Å². The second-order valence-electron chi connectivity index (χ2n) is 4.49. The van der Waals surface area contributed by atoms with Crippen molar-refractivity contribution in [3.05, 3.63) is 35.4 Å². The molecule has 1 fully saturated rings. The third-order valence-corrected chi connectivity index (χ3v) is 3.71. The van der Waals surface area contributed by atoms with E-state index in [0.717, 1.165) is 19.3 Å². The highest BCUT2D eigenvalue weighted by molar-refractivity contribution is 5.91. The molecule has 0 spiro atoms. The molecule has 1 aromatic rings. The van der Waals surface area contributed by atoms with Crippen LogP contribution in [0, 0.1) is 5.92 Å². The summed E-state index contributed by atoms with van der Waals surface area (Å²) in [4.78, 5) is 12.0. The summed E-state index contributed by atoms with van der Waals surface area (Å²) in [5.41, 5.74) is 2.68. The maximum atomic E-state index is 12.0. The van der Waals surface area contributed by atoms with Gasteiger partial charge in [0.2, 0.25) is 0 Å². The summed E-state index contributed by atoms with van der Waals surface area (Å²) in [6.45, 7) is 0. The smallest absolute Gasteiger partial charge is 0.143 e. The zero-order chi connectivity index (χ0) is 9.54. The van der Waals surface area contributed by atoms with Gasteiger partial charge in [0, 0.05) is 11.8 Å². The van der Waals surface area contributed by atoms with E-state index in [4.69, 9.17) is 0 Å². The van der Waals surface area contributed by atoms with Crippen LogP contribution in [0.4, 0.5) is 0 Å². The summed E-state index contributed by atoms with van der Waals surface area (Å²) in [7, 11) is 0. The third-order valence-electron chi connectivity index (χ3n) is 3.71. The van der Waals surface area contributed by atoms with Gasteiger partial charge in [0.05, 0.1) is 0 Å². The SMILES string of the molecule is O=C(C1CCC1)C1Cc2ccccc21. The van der Waals surface area contributed by atoms with E-state index in [9.17, 15) is 4.79 Å². The molecule has 3 rings (SSSR count). The minimum absolute atomic E-state index is 0.247. The van der Waals surface area contributed by atoms with Crippen LogP contribution in [0.1, 0.15) is 36.3 Å². The predicted molar refractivity (Wildman–Crippen MR) is 55.2 cm³/mol. The quantitative estimate of drug-likeness (QED) is 0.694. The number of benzene rings is 1. The zero-order valence-electron chi connectivity index (χ0n) is 8.20. The first-order valence-corrected chi connectivity index (χ1v) is 5.48.